The zero-order chi connectivity index (χ0) is 24.7. The van der Waals surface area contributed by atoms with Crippen LogP contribution < -0.4 is 11.1 Å². The molecule has 1 aliphatic rings. The van der Waals surface area contributed by atoms with Crippen LogP contribution in [0.15, 0.2) is 30.9 Å². The minimum Gasteiger partial charge on any atom is -0.393 e. The molecule has 4 heterocycles. The summed E-state index contributed by atoms with van der Waals surface area (Å²) in [4.78, 5) is 22.8. The van der Waals surface area contributed by atoms with Gasteiger partial charge < -0.3 is 21.3 Å². The molecule has 1 aliphatic carbocycles. The quantitative estimate of drug-likeness (QED) is 0.326. The Labute approximate surface area is 202 Å². The molecule has 0 aromatic carbocycles. The monoisotopic (exact) mass is 475 g/mol. The first kappa shape index (κ1) is 23.1. The van der Waals surface area contributed by atoms with Crippen LogP contribution in [0.1, 0.15) is 51.4 Å². The topological polar surface area (TPSA) is 161 Å². The van der Waals surface area contributed by atoms with E-state index in [4.69, 9.17) is 15.7 Å². The first-order valence-corrected chi connectivity index (χ1v) is 11.7. The SMILES string of the molecule is CCc1nc2c(N)ncc(-c3cnn(-c4nccc(C(C)(C)O)n4)c3)c2nc1N[C@@H]1CC[C@H](O)C1. The summed E-state index contributed by atoms with van der Waals surface area (Å²) in [6.45, 7) is 5.35. The molecule has 4 aromatic rings. The van der Waals surface area contributed by atoms with Gasteiger partial charge in [0, 0.05) is 35.8 Å². The van der Waals surface area contributed by atoms with Crippen molar-refractivity contribution in [3.05, 3.63) is 42.2 Å². The van der Waals surface area contributed by atoms with Crippen molar-refractivity contribution in [1.82, 2.24) is 34.7 Å². The van der Waals surface area contributed by atoms with Crippen molar-refractivity contribution in [2.24, 2.45) is 0 Å². The van der Waals surface area contributed by atoms with Crippen LogP contribution in [0.25, 0.3) is 28.1 Å². The lowest BCUT2D eigenvalue weighted by Gasteiger charge is -2.17. The molecule has 11 heteroatoms. The van der Waals surface area contributed by atoms with E-state index in [2.05, 4.69) is 25.4 Å². The van der Waals surface area contributed by atoms with Gasteiger partial charge in [-0.05, 0) is 45.6 Å². The van der Waals surface area contributed by atoms with E-state index in [0.29, 0.717) is 47.2 Å². The van der Waals surface area contributed by atoms with Crippen LogP contribution in [0.3, 0.4) is 0 Å². The molecule has 1 fully saturated rings. The zero-order valence-electron chi connectivity index (χ0n) is 20.0. The lowest BCUT2D eigenvalue weighted by atomic mass is 10.1. The van der Waals surface area contributed by atoms with Gasteiger partial charge in [-0.15, -0.1) is 0 Å². The third-order valence-corrected chi connectivity index (χ3v) is 6.25. The number of hydrogen-bond donors (Lipinski definition) is 4. The number of fused-ring (bicyclic) bond motifs is 1. The number of nitrogens with two attached hydrogens (primary N) is 1. The molecule has 1 saturated carbocycles. The van der Waals surface area contributed by atoms with Crippen molar-refractivity contribution >= 4 is 22.7 Å². The minimum atomic E-state index is -1.10. The Hall–Kier alpha value is -3.70. The van der Waals surface area contributed by atoms with Gasteiger partial charge in [0.2, 0.25) is 0 Å². The second-order valence-electron chi connectivity index (χ2n) is 9.41. The van der Waals surface area contributed by atoms with Gasteiger partial charge in [0.15, 0.2) is 5.82 Å². The highest BCUT2D eigenvalue weighted by Crippen LogP contribution is 2.32. The Bertz CT molecular complexity index is 1380. The first-order valence-electron chi connectivity index (χ1n) is 11.7. The maximum atomic E-state index is 10.3. The number of rotatable bonds is 6. The van der Waals surface area contributed by atoms with Crippen molar-refractivity contribution in [2.45, 2.75) is 64.2 Å². The second kappa shape index (κ2) is 8.82. The van der Waals surface area contributed by atoms with Crippen molar-refractivity contribution in [3.8, 4) is 17.1 Å². The first-order chi connectivity index (χ1) is 16.7. The predicted molar refractivity (Wildman–Crippen MR) is 132 cm³/mol. The molecule has 0 saturated heterocycles. The number of nitrogen functional groups attached to an aromatic ring is 1. The van der Waals surface area contributed by atoms with Gasteiger partial charge in [-0.3, -0.25) is 0 Å². The highest BCUT2D eigenvalue weighted by Gasteiger charge is 2.25. The molecular formula is C24H29N9O2. The van der Waals surface area contributed by atoms with Crippen LogP contribution >= 0.6 is 0 Å². The van der Waals surface area contributed by atoms with Crippen molar-refractivity contribution in [3.63, 3.8) is 0 Å². The van der Waals surface area contributed by atoms with Crippen molar-refractivity contribution in [2.75, 3.05) is 11.1 Å². The average Bonchev–Trinajstić information content (AvgIpc) is 3.48. The number of aromatic nitrogens is 7. The molecule has 0 spiro atoms. The number of pyridine rings is 1. The number of nitrogens with zero attached hydrogens (tertiary/aromatic N) is 7. The van der Waals surface area contributed by atoms with Gasteiger partial charge in [0.05, 0.1) is 23.7 Å². The van der Waals surface area contributed by atoms with Crippen molar-refractivity contribution in [1.29, 1.82) is 0 Å². The predicted octanol–water partition coefficient (Wildman–Crippen LogP) is 2.36. The van der Waals surface area contributed by atoms with Gasteiger partial charge in [0.25, 0.3) is 5.95 Å². The summed E-state index contributed by atoms with van der Waals surface area (Å²) in [7, 11) is 0. The molecule has 35 heavy (non-hydrogen) atoms. The van der Waals surface area contributed by atoms with Gasteiger partial charge in [0.1, 0.15) is 22.5 Å². The van der Waals surface area contributed by atoms with Crippen LogP contribution in [0.5, 0.6) is 0 Å². The normalized spacial score (nSPS) is 18.3. The van der Waals surface area contributed by atoms with E-state index in [-0.39, 0.29) is 12.1 Å². The largest absolute Gasteiger partial charge is 0.393 e. The van der Waals surface area contributed by atoms with Gasteiger partial charge >= 0.3 is 0 Å². The Kier molecular flexibility index (Phi) is 5.81. The number of aliphatic hydroxyl groups is 2. The number of aryl methyl sites for hydroxylation is 1. The third kappa shape index (κ3) is 4.52. The summed E-state index contributed by atoms with van der Waals surface area (Å²) in [6, 6.07) is 1.82. The lowest BCUT2D eigenvalue weighted by molar-refractivity contribution is 0.0736. The molecule has 182 valence electrons. The van der Waals surface area contributed by atoms with E-state index in [9.17, 15) is 10.2 Å². The van der Waals surface area contributed by atoms with E-state index in [0.717, 1.165) is 29.7 Å². The molecule has 5 rings (SSSR count). The van der Waals surface area contributed by atoms with Crippen LogP contribution in [-0.4, -0.2) is 57.1 Å². The Balaban J connectivity index is 1.56. The summed E-state index contributed by atoms with van der Waals surface area (Å²) in [5.41, 5.74) is 8.99. The van der Waals surface area contributed by atoms with Gasteiger partial charge in [-0.2, -0.15) is 5.10 Å². The summed E-state index contributed by atoms with van der Waals surface area (Å²) in [6.07, 6.45) is 9.45. The number of hydrogen-bond acceptors (Lipinski definition) is 10. The summed E-state index contributed by atoms with van der Waals surface area (Å²) >= 11 is 0. The van der Waals surface area contributed by atoms with E-state index in [1.165, 1.54) is 0 Å². The molecule has 11 nitrogen and oxygen atoms in total. The molecule has 0 radical (unpaired) electrons. The molecule has 0 unspecified atom stereocenters. The third-order valence-electron chi connectivity index (χ3n) is 6.25. The maximum absolute atomic E-state index is 10.3. The number of anilines is 2. The smallest absolute Gasteiger partial charge is 0.250 e. The van der Waals surface area contributed by atoms with Gasteiger partial charge in [-0.25, -0.2) is 29.6 Å². The maximum Gasteiger partial charge on any atom is 0.250 e. The van der Waals surface area contributed by atoms with E-state index in [1.54, 1.807) is 49.4 Å². The van der Waals surface area contributed by atoms with E-state index >= 15 is 0 Å². The minimum absolute atomic E-state index is 0.146. The number of aliphatic hydroxyl groups excluding tert-OH is 1. The van der Waals surface area contributed by atoms with Crippen LogP contribution in [0, 0.1) is 0 Å². The molecule has 0 amide bonds. The fourth-order valence-corrected chi connectivity index (χ4v) is 4.32. The molecule has 0 aliphatic heterocycles. The summed E-state index contributed by atoms with van der Waals surface area (Å²) in [5.74, 6) is 1.34. The highest BCUT2D eigenvalue weighted by atomic mass is 16.3. The molecule has 2 atom stereocenters. The molecule has 5 N–H and O–H groups in total. The fourth-order valence-electron chi connectivity index (χ4n) is 4.32. The second-order valence-corrected chi connectivity index (χ2v) is 9.41. The molecular weight excluding hydrogens is 446 g/mol. The molecule has 4 aromatic heterocycles. The standard InChI is InChI=1S/C24H29N9O2/c1-4-17-22(29-14-5-6-15(34)9-14)32-19-16(11-27-21(25)20(19)30-17)13-10-28-33(12-13)23-26-8-7-18(31-23)24(2,3)35/h7-8,10-12,14-15,34-35H,4-6,9H2,1-3H3,(H2,25,27)(H,29,32)/t14-,15+/m1/s1. The lowest BCUT2D eigenvalue weighted by Crippen LogP contribution is -2.19. The fraction of sp³-hybridized carbons (Fsp3) is 0.417. The average molecular weight is 476 g/mol. The summed E-state index contributed by atoms with van der Waals surface area (Å²) in [5, 5.41) is 28.1. The van der Waals surface area contributed by atoms with E-state index in [1.807, 2.05) is 6.92 Å². The Morgan fingerprint density at radius 1 is 1.14 bits per heavy atom. The number of nitrogens with one attached hydrogen (secondary N) is 1. The van der Waals surface area contributed by atoms with Crippen LogP contribution in [0.4, 0.5) is 11.6 Å². The Morgan fingerprint density at radius 3 is 2.69 bits per heavy atom. The van der Waals surface area contributed by atoms with Gasteiger partial charge in [-0.1, -0.05) is 6.92 Å². The summed E-state index contributed by atoms with van der Waals surface area (Å²) < 4.78 is 1.54. The Morgan fingerprint density at radius 2 is 1.97 bits per heavy atom. The zero-order valence-corrected chi connectivity index (χ0v) is 20.0. The van der Waals surface area contributed by atoms with Crippen LogP contribution in [-0.2, 0) is 12.0 Å². The van der Waals surface area contributed by atoms with Crippen LogP contribution in [0.2, 0.25) is 0 Å². The van der Waals surface area contributed by atoms with E-state index < -0.39 is 5.60 Å². The molecule has 0 bridgehead atoms. The highest BCUT2D eigenvalue weighted by molar-refractivity contribution is 5.96. The van der Waals surface area contributed by atoms with Crippen molar-refractivity contribution < 1.29 is 10.2 Å².